The van der Waals surface area contributed by atoms with Gasteiger partial charge in [0.15, 0.2) is 5.82 Å². The number of anilines is 2. The molecule has 1 N–H and O–H groups in total. The summed E-state index contributed by atoms with van der Waals surface area (Å²) in [7, 11) is 3.84. The molecule has 0 saturated heterocycles. The van der Waals surface area contributed by atoms with Gasteiger partial charge in [-0.05, 0) is 58.2 Å². The summed E-state index contributed by atoms with van der Waals surface area (Å²) in [5.74, 6) is 1.08. The second-order valence-corrected chi connectivity index (χ2v) is 7.36. The van der Waals surface area contributed by atoms with Crippen LogP contribution in [0.25, 0.3) is 0 Å². The molecule has 0 aliphatic heterocycles. The average Bonchev–Trinajstić information content (AvgIpc) is 2.55. The van der Waals surface area contributed by atoms with Gasteiger partial charge in [0.2, 0.25) is 0 Å². The molecule has 1 heterocycles. The lowest BCUT2D eigenvalue weighted by molar-refractivity contribution is 0.542. The van der Waals surface area contributed by atoms with Crippen LogP contribution in [0.4, 0.5) is 22.9 Å². The van der Waals surface area contributed by atoms with E-state index in [2.05, 4.69) is 24.9 Å². The van der Waals surface area contributed by atoms with Crippen molar-refractivity contribution in [3.05, 3.63) is 33.8 Å². The number of benzene rings is 1. The van der Waals surface area contributed by atoms with Crippen molar-refractivity contribution in [2.24, 2.45) is 10.2 Å². The van der Waals surface area contributed by atoms with Crippen LogP contribution in [0, 0.1) is 41.5 Å². The molecule has 0 fully saturated rings. The molecule has 0 spiro atoms. The molecule has 8 nitrogen and oxygen atoms in total. The molecular formula is C18H25N6O2S-. The maximum atomic E-state index is 11.4. The molecule has 1 atom stereocenters. The van der Waals surface area contributed by atoms with E-state index in [-0.39, 0.29) is 0 Å². The zero-order chi connectivity index (χ0) is 20.5. The zero-order valence-electron chi connectivity index (χ0n) is 17.0. The Hall–Kier alpha value is -2.39. The monoisotopic (exact) mass is 389 g/mol. The number of nitrogens with one attached hydrogen (secondary N) is 1. The minimum atomic E-state index is -2.48. The Morgan fingerprint density at radius 1 is 0.926 bits per heavy atom. The number of hydrogen-bond donors (Lipinski definition) is 1. The second-order valence-electron chi connectivity index (χ2n) is 6.68. The van der Waals surface area contributed by atoms with E-state index in [9.17, 15) is 8.76 Å². The number of aromatic nitrogens is 2. The third-order valence-electron chi connectivity index (χ3n) is 4.59. The molecule has 0 aliphatic carbocycles. The fourth-order valence-corrected chi connectivity index (χ4v) is 3.49. The Kier molecular flexibility index (Phi) is 6.27. The SMILES string of the molecule is Cc1nc(C)c(C)c(N=Nc2c(C)c(C)c(N(C)C)c(C)c2NS(=O)[O-])n1. The van der Waals surface area contributed by atoms with Gasteiger partial charge in [-0.3, -0.25) is 4.21 Å². The molecule has 0 amide bonds. The molecule has 27 heavy (non-hydrogen) atoms. The van der Waals surface area contributed by atoms with Gasteiger partial charge in [-0.1, -0.05) is 0 Å². The quantitative estimate of drug-likeness (QED) is 0.614. The Balaban J connectivity index is 2.71. The summed E-state index contributed by atoms with van der Waals surface area (Å²) in [6.45, 7) is 11.3. The van der Waals surface area contributed by atoms with E-state index in [0.29, 0.717) is 23.0 Å². The molecular weight excluding hydrogens is 364 g/mol. The minimum absolute atomic E-state index is 0.416. The van der Waals surface area contributed by atoms with Gasteiger partial charge in [0.05, 0.1) is 5.69 Å². The summed E-state index contributed by atoms with van der Waals surface area (Å²) in [6, 6.07) is 0. The maximum absolute atomic E-state index is 11.4. The molecule has 2 aromatic rings. The van der Waals surface area contributed by atoms with Crippen molar-refractivity contribution in [3.8, 4) is 0 Å². The van der Waals surface area contributed by atoms with Gasteiger partial charge in [0, 0.05) is 42.3 Å². The van der Waals surface area contributed by atoms with E-state index < -0.39 is 11.3 Å². The van der Waals surface area contributed by atoms with Crippen LogP contribution in [0.15, 0.2) is 10.2 Å². The molecule has 146 valence electrons. The number of nitrogens with zero attached hydrogens (tertiary/aromatic N) is 5. The summed E-state index contributed by atoms with van der Waals surface area (Å²) in [5, 5.41) is 8.68. The first-order chi connectivity index (χ1) is 12.5. The van der Waals surface area contributed by atoms with Gasteiger partial charge in [-0.25, -0.2) is 9.97 Å². The summed E-state index contributed by atoms with van der Waals surface area (Å²) >= 11 is -2.48. The first-order valence-corrected chi connectivity index (χ1v) is 9.52. The highest BCUT2D eigenvalue weighted by molar-refractivity contribution is 7.80. The molecule has 0 bridgehead atoms. The van der Waals surface area contributed by atoms with Crippen LogP contribution >= 0.6 is 0 Å². The van der Waals surface area contributed by atoms with Crippen LogP contribution in [0.2, 0.25) is 0 Å². The second kappa shape index (κ2) is 8.10. The van der Waals surface area contributed by atoms with E-state index >= 15 is 0 Å². The van der Waals surface area contributed by atoms with Crippen LogP contribution in [-0.4, -0.2) is 32.8 Å². The maximum Gasteiger partial charge on any atom is 0.180 e. The highest BCUT2D eigenvalue weighted by Crippen LogP contribution is 2.42. The Labute approximate surface area is 162 Å². The van der Waals surface area contributed by atoms with Crippen molar-refractivity contribution in [2.75, 3.05) is 23.7 Å². The number of rotatable bonds is 5. The van der Waals surface area contributed by atoms with Crippen LogP contribution in [0.1, 0.15) is 33.8 Å². The summed E-state index contributed by atoms with van der Waals surface area (Å²) in [4.78, 5) is 10.6. The zero-order valence-corrected chi connectivity index (χ0v) is 17.8. The van der Waals surface area contributed by atoms with Crippen molar-refractivity contribution in [3.63, 3.8) is 0 Å². The summed E-state index contributed by atoms with van der Waals surface area (Å²) in [5.41, 5.74) is 6.16. The van der Waals surface area contributed by atoms with Gasteiger partial charge in [0.25, 0.3) is 0 Å². The van der Waals surface area contributed by atoms with Crippen molar-refractivity contribution in [2.45, 2.75) is 41.5 Å². The van der Waals surface area contributed by atoms with Crippen molar-refractivity contribution < 1.29 is 8.76 Å². The number of azo groups is 1. The predicted molar refractivity (Wildman–Crippen MR) is 108 cm³/mol. The van der Waals surface area contributed by atoms with Gasteiger partial charge in [-0.2, -0.15) is 0 Å². The molecule has 0 aliphatic rings. The third-order valence-corrected chi connectivity index (χ3v) is 4.96. The number of aryl methyl sites for hydroxylation is 2. The molecule has 1 aromatic carbocycles. The molecule has 0 radical (unpaired) electrons. The van der Waals surface area contributed by atoms with Crippen molar-refractivity contribution in [1.82, 2.24) is 9.97 Å². The molecule has 1 aromatic heterocycles. The fraction of sp³-hybridized carbons (Fsp3) is 0.444. The first kappa shape index (κ1) is 20.9. The van der Waals surface area contributed by atoms with Crippen molar-refractivity contribution in [1.29, 1.82) is 0 Å². The van der Waals surface area contributed by atoms with Crippen LogP contribution in [0.3, 0.4) is 0 Å². The Morgan fingerprint density at radius 3 is 2.11 bits per heavy atom. The van der Waals surface area contributed by atoms with Gasteiger partial charge >= 0.3 is 0 Å². The third kappa shape index (κ3) is 4.30. The molecule has 0 saturated carbocycles. The molecule has 1 unspecified atom stereocenters. The van der Waals surface area contributed by atoms with E-state index in [1.807, 2.05) is 53.6 Å². The standard InChI is InChI=1S/C18H26N6O2S/c1-9-10(2)17(24(7)8)12(4)16(23-27(25)26)15(9)21-22-18-11(3)13(5)19-14(6)20-18/h23H,1-8H3,(H,25,26)/p-1. The average molecular weight is 390 g/mol. The topological polar surface area (TPSA) is 106 Å². The van der Waals surface area contributed by atoms with E-state index in [1.165, 1.54) is 0 Å². The lowest BCUT2D eigenvalue weighted by Gasteiger charge is -2.25. The van der Waals surface area contributed by atoms with Gasteiger partial charge in [0.1, 0.15) is 11.5 Å². The van der Waals surface area contributed by atoms with Crippen LogP contribution in [0.5, 0.6) is 0 Å². The molecule has 2 rings (SSSR count). The Bertz CT molecular complexity index is 940. The summed E-state index contributed by atoms with van der Waals surface area (Å²) < 4.78 is 25.2. The minimum Gasteiger partial charge on any atom is -0.755 e. The highest BCUT2D eigenvalue weighted by atomic mass is 32.2. The fourth-order valence-electron chi connectivity index (χ4n) is 3.07. The lowest BCUT2D eigenvalue weighted by atomic mass is 9.98. The smallest absolute Gasteiger partial charge is 0.180 e. The highest BCUT2D eigenvalue weighted by Gasteiger charge is 2.19. The lowest BCUT2D eigenvalue weighted by Crippen LogP contribution is -2.15. The van der Waals surface area contributed by atoms with Crippen LogP contribution in [-0.2, 0) is 11.3 Å². The van der Waals surface area contributed by atoms with E-state index in [1.54, 1.807) is 6.92 Å². The van der Waals surface area contributed by atoms with Gasteiger partial charge in [-0.15, -0.1) is 10.2 Å². The summed E-state index contributed by atoms with van der Waals surface area (Å²) in [6.07, 6.45) is 0. The Morgan fingerprint density at radius 2 is 1.56 bits per heavy atom. The van der Waals surface area contributed by atoms with Crippen molar-refractivity contribution >= 4 is 34.1 Å². The van der Waals surface area contributed by atoms with Gasteiger partial charge < -0.3 is 14.2 Å². The first-order valence-electron chi connectivity index (χ1n) is 8.45. The predicted octanol–water partition coefficient (Wildman–Crippen LogP) is 4.01. The van der Waals surface area contributed by atoms with E-state index in [0.717, 1.165) is 33.6 Å². The normalized spacial score (nSPS) is 12.5. The molecule has 9 heteroatoms. The van der Waals surface area contributed by atoms with E-state index in [4.69, 9.17) is 0 Å². The largest absolute Gasteiger partial charge is 0.755 e. The number of hydrogen-bond acceptors (Lipinski definition) is 7. The van der Waals surface area contributed by atoms with Crippen LogP contribution < -0.4 is 9.62 Å².